The molecule has 0 spiro atoms. The van der Waals surface area contributed by atoms with Gasteiger partial charge in [0, 0.05) is 38.6 Å². The van der Waals surface area contributed by atoms with Crippen molar-refractivity contribution in [2.24, 2.45) is 5.41 Å². The van der Waals surface area contributed by atoms with Gasteiger partial charge < -0.3 is 20.5 Å². The zero-order valence-electron chi connectivity index (χ0n) is 13.3. The molecular weight excluding hydrogens is 288 g/mol. The van der Waals surface area contributed by atoms with Crippen LogP contribution in [0.4, 0.5) is 0 Å². The van der Waals surface area contributed by atoms with Crippen molar-refractivity contribution in [2.75, 3.05) is 19.8 Å². The molecule has 0 radical (unpaired) electrons. The highest BCUT2D eigenvalue weighted by atomic mass is 16.5. The van der Waals surface area contributed by atoms with Gasteiger partial charge in [-0.1, -0.05) is 0 Å². The number of carboxylic acids is 1. The predicted molar refractivity (Wildman–Crippen MR) is 80.3 cm³/mol. The van der Waals surface area contributed by atoms with Crippen molar-refractivity contribution in [1.82, 2.24) is 10.6 Å². The molecule has 0 aromatic rings. The van der Waals surface area contributed by atoms with Gasteiger partial charge in [0.2, 0.25) is 11.8 Å². The van der Waals surface area contributed by atoms with E-state index in [4.69, 9.17) is 4.74 Å². The fourth-order valence-corrected chi connectivity index (χ4v) is 2.39. The van der Waals surface area contributed by atoms with Crippen LogP contribution in [0.15, 0.2) is 0 Å². The zero-order valence-corrected chi connectivity index (χ0v) is 13.3. The van der Waals surface area contributed by atoms with Crippen LogP contribution in [-0.4, -0.2) is 48.7 Å². The maximum Gasteiger partial charge on any atom is 0.311 e. The van der Waals surface area contributed by atoms with Gasteiger partial charge in [-0.25, -0.2) is 0 Å². The number of hydrogen-bond donors (Lipinski definition) is 3. The maximum atomic E-state index is 11.8. The Kier molecular flexibility index (Phi) is 7.31. The minimum absolute atomic E-state index is 0.0748. The van der Waals surface area contributed by atoms with Crippen LogP contribution in [0.25, 0.3) is 0 Å². The van der Waals surface area contributed by atoms with Crippen molar-refractivity contribution >= 4 is 17.8 Å². The molecule has 1 rings (SSSR count). The number of rotatable bonds is 8. The van der Waals surface area contributed by atoms with E-state index in [2.05, 4.69) is 10.6 Å². The largest absolute Gasteiger partial charge is 0.481 e. The van der Waals surface area contributed by atoms with Crippen molar-refractivity contribution in [3.63, 3.8) is 0 Å². The third-order valence-corrected chi connectivity index (χ3v) is 3.78. The van der Waals surface area contributed by atoms with Crippen molar-refractivity contribution in [2.45, 2.75) is 52.0 Å². The Bertz CT molecular complexity index is 403. The second kappa shape index (κ2) is 8.73. The maximum absolute atomic E-state index is 11.8. The van der Waals surface area contributed by atoms with Crippen LogP contribution in [0.2, 0.25) is 0 Å². The van der Waals surface area contributed by atoms with E-state index in [1.165, 1.54) is 0 Å². The molecule has 22 heavy (non-hydrogen) atoms. The van der Waals surface area contributed by atoms with Crippen molar-refractivity contribution in [3.05, 3.63) is 0 Å². The average Bonchev–Trinajstić information content (AvgIpc) is 2.45. The van der Waals surface area contributed by atoms with E-state index in [0.717, 1.165) is 0 Å². The third kappa shape index (κ3) is 6.01. The number of ether oxygens (including phenoxy) is 1. The first kappa shape index (κ1) is 18.4. The summed E-state index contributed by atoms with van der Waals surface area (Å²) < 4.78 is 5.18. The number of carbonyl (C=O) groups is 3. The predicted octanol–water partition coefficient (Wildman–Crippen LogP) is 0.679. The minimum Gasteiger partial charge on any atom is -0.481 e. The normalized spacial score (nSPS) is 17.0. The Balaban J connectivity index is 2.29. The molecule has 0 aromatic heterocycles. The molecular formula is C15H26N2O5. The Morgan fingerprint density at radius 2 is 1.73 bits per heavy atom. The lowest BCUT2D eigenvalue weighted by Crippen LogP contribution is -2.46. The molecule has 0 saturated carbocycles. The van der Waals surface area contributed by atoms with E-state index in [1.54, 1.807) is 0 Å². The molecule has 2 amide bonds. The van der Waals surface area contributed by atoms with Gasteiger partial charge in [0.15, 0.2) is 0 Å². The van der Waals surface area contributed by atoms with Crippen LogP contribution in [0.1, 0.15) is 46.0 Å². The van der Waals surface area contributed by atoms with Gasteiger partial charge in [-0.2, -0.15) is 0 Å². The van der Waals surface area contributed by atoms with Gasteiger partial charge in [0.05, 0.1) is 5.41 Å². The topological polar surface area (TPSA) is 105 Å². The molecule has 1 saturated heterocycles. The van der Waals surface area contributed by atoms with Gasteiger partial charge in [-0.3, -0.25) is 14.4 Å². The van der Waals surface area contributed by atoms with Crippen LogP contribution in [0, 0.1) is 5.41 Å². The number of aliphatic carboxylic acids is 1. The zero-order chi connectivity index (χ0) is 16.6. The number of hydrogen-bond acceptors (Lipinski definition) is 4. The number of amides is 2. The summed E-state index contributed by atoms with van der Waals surface area (Å²) in [7, 11) is 0. The van der Waals surface area contributed by atoms with Crippen LogP contribution in [0.5, 0.6) is 0 Å². The molecule has 0 aliphatic carbocycles. The van der Waals surface area contributed by atoms with E-state index in [-0.39, 0.29) is 30.8 Å². The fraction of sp³-hybridized carbons (Fsp3) is 0.800. The molecule has 0 atom stereocenters. The van der Waals surface area contributed by atoms with Gasteiger partial charge in [0.25, 0.3) is 0 Å². The summed E-state index contributed by atoms with van der Waals surface area (Å²) in [6, 6.07) is 0.0882. The number of carbonyl (C=O) groups excluding carboxylic acids is 2. The lowest BCUT2D eigenvalue weighted by Gasteiger charge is -2.33. The Morgan fingerprint density at radius 1 is 1.14 bits per heavy atom. The quantitative estimate of drug-likeness (QED) is 0.611. The summed E-state index contributed by atoms with van der Waals surface area (Å²) in [5.74, 6) is -1.19. The van der Waals surface area contributed by atoms with E-state index in [0.29, 0.717) is 38.9 Å². The monoisotopic (exact) mass is 314 g/mol. The Hall–Kier alpha value is -1.63. The lowest BCUT2D eigenvalue weighted by molar-refractivity contribution is -0.154. The van der Waals surface area contributed by atoms with Gasteiger partial charge in [-0.15, -0.1) is 0 Å². The smallest absolute Gasteiger partial charge is 0.311 e. The molecule has 1 fully saturated rings. The number of nitrogens with one attached hydrogen (secondary N) is 2. The Labute approximate surface area is 130 Å². The Morgan fingerprint density at radius 3 is 2.27 bits per heavy atom. The SMILES string of the molecule is CC(C)NC(=O)CCCC(=O)NCC1(C(=O)O)CCOCC1. The summed E-state index contributed by atoms with van der Waals surface area (Å²) >= 11 is 0. The highest BCUT2D eigenvalue weighted by molar-refractivity contribution is 5.80. The molecule has 0 unspecified atom stereocenters. The molecule has 3 N–H and O–H groups in total. The highest BCUT2D eigenvalue weighted by Gasteiger charge is 2.40. The molecule has 7 heteroatoms. The summed E-state index contributed by atoms with van der Waals surface area (Å²) in [6.45, 7) is 4.67. The van der Waals surface area contributed by atoms with Crippen molar-refractivity contribution < 1.29 is 24.2 Å². The summed E-state index contributed by atoms with van der Waals surface area (Å²) in [4.78, 5) is 34.7. The molecule has 0 bridgehead atoms. The highest BCUT2D eigenvalue weighted by Crippen LogP contribution is 2.30. The average molecular weight is 314 g/mol. The second-order valence-corrected chi connectivity index (χ2v) is 6.05. The number of carboxylic acid groups (broad SMARTS) is 1. The minimum atomic E-state index is -0.928. The van der Waals surface area contributed by atoms with E-state index in [9.17, 15) is 19.5 Å². The molecule has 1 aliphatic heterocycles. The lowest BCUT2D eigenvalue weighted by atomic mass is 9.80. The van der Waals surface area contributed by atoms with Crippen LogP contribution < -0.4 is 10.6 Å². The molecule has 126 valence electrons. The molecule has 0 aromatic carbocycles. The van der Waals surface area contributed by atoms with Crippen molar-refractivity contribution in [3.8, 4) is 0 Å². The van der Waals surface area contributed by atoms with Gasteiger partial charge >= 0.3 is 5.97 Å². The van der Waals surface area contributed by atoms with E-state index >= 15 is 0 Å². The summed E-state index contributed by atoms with van der Waals surface area (Å²) in [6.07, 6.45) is 1.77. The van der Waals surface area contributed by atoms with E-state index in [1.807, 2.05) is 13.8 Å². The first-order valence-corrected chi connectivity index (χ1v) is 7.73. The van der Waals surface area contributed by atoms with Crippen LogP contribution >= 0.6 is 0 Å². The van der Waals surface area contributed by atoms with Gasteiger partial charge in [0.1, 0.15) is 0 Å². The molecule has 7 nitrogen and oxygen atoms in total. The summed E-state index contributed by atoms with van der Waals surface area (Å²) in [5, 5.41) is 14.8. The van der Waals surface area contributed by atoms with E-state index < -0.39 is 11.4 Å². The van der Waals surface area contributed by atoms with Crippen molar-refractivity contribution in [1.29, 1.82) is 0 Å². The first-order chi connectivity index (χ1) is 10.4. The molecule has 1 aliphatic rings. The molecule has 1 heterocycles. The third-order valence-electron chi connectivity index (χ3n) is 3.78. The standard InChI is InChI=1S/C15H26N2O5/c1-11(2)17-13(19)5-3-4-12(18)16-10-15(14(20)21)6-8-22-9-7-15/h11H,3-10H2,1-2H3,(H,16,18)(H,17,19)(H,20,21). The second-order valence-electron chi connectivity index (χ2n) is 6.05. The first-order valence-electron chi connectivity index (χ1n) is 7.73. The summed E-state index contributed by atoms with van der Waals surface area (Å²) in [5.41, 5.74) is -0.928. The van der Waals surface area contributed by atoms with Gasteiger partial charge in [-0.05, 0) is 33.1 Å². The van der Waals surface area contributed by atoms with Crippen LogP contribution in [0.3, 0.4) is 0 Å². The fourth-order valence-electron chi connectivity index (χ4n) is 2.39. The van der Waals surface area contributed by atoms with Crippen LogP contribution in [-0.2, 0) is 19.1 Å².